The first-order chi connectivity index (χ1) is 10.3. The lowest BCUT2D eigenvalue weighted by molar-refractivity contribution is 1.17. The molecule has 1 heterocycles. The predicted molar refractivity (Wildman–Crippen MR) is 94.0 cm³/mol. The number of fused-ring (bicyclic) bond motifs is 3. The van der Waals surface area contributed by atoms with E-state index in [-0.39, 0.29) is 0 Å². The summed E-state index contributed by atoms with van der Waals surface area (Å²) in [5.41, 5.74) is 6.83. The Balaban J connectivity index is 1.57. The van der Waals surface area contributed by atoms with Crippen LogP contribution in [0, 0.1) is 0 Å². The normalized spacial score (nSPS) is 12.0. The lowest BCUT2D eigenvalue weighted by atomic mass is 10.1. The van der Waals surface area contributed by atoms with Gasteiger partial charge in [-0.2, -0.15) is 0 Å². The minimum atomic E-state index is 0.865. The summed E-state index contributed by atoms with van der Waals surface area (Å²) in [6.45, 7) is 0.865. The van der Waals surface area contributed by atoms with Crippen molar-refractivity contribution in [1.82, 2.24) is 0 Å². The maximum absolute atomic E-state index is 3.58. The minimum Gasteiger partial charge on any atom is -0.380 e. The second kappa shape index (κ2) is 5.32. The quantitative estimate of drug-likeness (QED) is 0.497. The highest BCUT2D eigenvalue weighted by molar-refractivity contribution is 9.10. The van der Waals surface area contributed by atoms with Crippen molar-refractivity contribution < 1.29 is 0 Å². The lowest BCUT2D eigenvalue weighted by Crippen LogP contribution is -1.98. The van der Waals surface area contributed by atoms with Crippen LogP contribution in [0.15, 0.2) is 58.4 Å². The molecule has 104 valence electrons. The van der Waals surface area contributed by atoms with E-state index < -0.39 is 0 Å². The molecular weight excluding hydrogens is 342 g/mol. The van der Waals surface area contributed by atoms with E-state index in [1.165, 1.54) is 37.3 Å². The third-order valence-electron chi connectivity index (χ3n) is 3.94. The summed E-state index contributed by atoms with van der Waals surface area (Å²) in [4.78, 5) is 1.33. The molecule has 1 aliphatic carbocycles. The van der Waals surface area contributed by atoms with E-state index >= 15 is 0 Å². The zero-order valence-corrected chi connectivity index (χ0v) is 13.8. The van der Waals surface area contributed by atoms with E-state index in [0.717, 1.165) is 13.0 Å². The third kappa shape index (κ3) is 2.41. The van der Waals surface area contributed by atoms with E-state index in [1.807, 2.05) is 0 Å². The molecule has 0 atom stereocenters. The Morgan fingerprint density at radius 3 is 2.71 bits per heavy atom. The van der Waals surface area contributed by atoms with Crippen LogP contribution in [-0.4, -0.2) is 0 Å². The number of thiophene rings is 1. The average molecular weight is 356 g/mol. The van der Waals surface area contributed by atoms with Crippen molar-refractivity contribution >= 4 is 33.0 Å². The van der Waals surface area contributed by atoms with Crippen LogP contribution < -0.4 is 5.32 Å². The first kappa shape index (κ1) is 13.1. The van der Waals surface area contributed by atoms with E-state index in [1.54, 1.807) is 11.3 Å². The molecule has 0 unspecified atom stereocenters. The second-order valence-corrected chi connectivity index (χ2v) is 7.11. The first-order valence-corrected chi connectivity index (χ1v) is 8.65. The van der Waals surface area contributed by atoms with Crippen LogP contribution in [0.5, 0.6) is 0 Å². The smallest absolute Gasteiger partial charge is 0.0505 e. The minimum absolute atomic E-state index is 0.865. The van der Waals surface area contributed by atoms with Crippen LogP contribution >= 0.6 is 27.3 Å². The van der Waals surface area contributed by atoms with Crippen LogP contribution in [0.25, 0.3) is 11.1 Å². The van der Waals surface area contributed by atoms with E-state index in [0.29, 0.717) is 0 Å². The molecule has 0 fully saturated rings. The average Bonchev–Trinajstić information content (AvgIpc) is 3.07. The van der Waals surface area contributed by atoms with E-state index in [4.69, 9.17) is 0 Å². The summed E-state index contributed by atoms with van der Waals surface area (Å²) in [5, 5.41) is 5.64. The van der Waals surface area contributed by atoms with Gasteiger partial charge in [-0.3, -0.25) is 0 Å². The molecule has 0 radical (unpaired) electrons. The van der Waals surface area contributed by atoms with Crippen LogP contribution in [-0.2, 0) is 13.0 Å². The molecule has 0 saturated carbocycles. The molecule has 21 heavy (non-hydrogen) atoms. The number of hydrogen-bond acceptors (Lipinski definition) is 2. The van der Waals surface area contributed by atoms with Crippen molar-refractivity contribution in [3.8, 4) is 11.1 Å². The Morgan fingerprint density at radius 2 is 1.86 bits per heavy atom. The molecule has 0 spiro atoms. The fraction of sp³-hybridized carbons (Fsp3) is 0.111. The number of halogens is 1. The summed E-state index contributed by atoms with van der Waals surface area (Å²) < 4.78 is 1.19. The fourth-order valence-corrected chi connectivity index (χ4v) is 4.32. The van der Waals surface area contributed by atoms with Gasteiger partial charge in [0.2, 0.25) is 0 Å². The summed E-state index contributed by atoms with van der Waals surface area (Å²) in [6, 6.07) is 17.5. The molecule has 1 aliphatic rings. The van der Waals surface area contributed by atoms with Gasteiger partial charge in [-0.15, -0.1) is 11.3 Å². The molecule has 1 aromatic heterocycles. The van der Waals surface area contributed by atoms with Gasteiger partial charge < -0.3 is 5.32 Å². The van der Waals surface area contributed by atoms with Gasteiger partial charge in [-0.05, 0) is 68.2 Å². The SMILES string of the molecule is Brc1ccsc1CNc1ccc2c(c1)Cc1ccccc1-2. The Hall–Kier alpha value is -1.58. The van der Waals surface area contributed by atoms with Crippen molar-refractivity contribution in [2.45, 2.75) is 13.0 Å². The Bertz CT molecular complexity index is 806. The van der Waals surface area contributed by atoms with Gasteiger partial charge in [0.25, 0.3) is 0 Å². The fourth-order valence-electron chi connectivity index (χ4n) is 2.89. The van der Waals surface area contributed by atoms with Gasteiger partial charge in [0, 0.05) is 15.0 Å². The molecule has 1 N–H and O–H groups in total. The molecule has 4 rings (SSSR count). The molecule has 3 heteroatoms. The maximum atomic E-state index is 3.58. The van der Waals surface area contributed by atoms with Gasteiger partial charge in [-0.1, -0.05) is 30.3 Å². The zero-order chi connectivity index (χ0) is 14.2. The number of anilines is 1. The summed E-state index contributed by atoms with van der Waals surface area (Å²) in [7, 11) is 0. The van der Waals surface area contributed by atoms with Crippen LogP contribution in [0.1, 0.15) is 16.0 Å². The predicted octanol–water partition coefficient (Wildman–Crippen LogP) is 5.69. The Kier molecular flexibility index (Phi) is 3.32. The standard InChI is InChI=1S/C18H14BrNS/c19-17-7-8-21-18(17)11-20-14-5-6-16-13(10-14)9-12-3-1-2-4-15(12)16/h1-8,10,20H,9,11H2. The summed E-state index contributed by atoms with van der Waals surface area (Å²) in [5.74, 6) is 0. The highest BCUT2D eigenvalue weighted by Gasteiger charge is 2.17. The number of hydrogen-bond donors (Lipinski definition) is 1. The van der Waals surface area contributed by atoms with Crippen molar-refractivity contribution in [2.24, 2.45) is 0 Å². The molecule has 3 aromatic rings. The van der Waals surface area contributed by atoms with Gasteiger partial charge >= 0.3 is 0 Å². The van der Waals surface area contributed by atoms with Gasteiger partial charge in [0.15, 0.2) is 0 Å². The molecule has 1 nitrogen and oxygen atoms in total. The van der Waals surface area contributed by atoms with Crippen molar-refractivity contribution in [1.29, 1.82) is 0 Å². The van der Waals surface area contributed by atoms with Crippen molar-refractivity contribution in [3.63, 3.8) is 0 Å². The largest absolute Gasteiger partial charge is 0.380 e. The van der Waals surface area contributed by atoms with Crippen LogP contribution in [0.2, 0.25) is 0 Å². The molecule has 0 aliphatic heterocycles. The van der Waals surface area contributed by atoms with Crippen LogP contribution in [0.3, 0.4) is 0 Å². The van der Waals surface area contributed by atoms with Crippen molar-refractivity contribution in [3.05, 3.63) is 74.4 Å². The summed E-state index contributed by atoms with van der Waals surface area (Å²) in [6.07, 6.45) is 1.05. The van der Waals surface area contributed by atoms with Gasteiger partial charge in [-0.25, -0.2) is 0 Å². The third-order valence-corrected chi connectivity index (χ3v) is 5.86. The highest BCUT2D eigenvalue weighted by Crippen LogP contribution is 2.37. The molecule has 0 saturated heterocycles. The molecule has 0 amide bonds. The topological polar surface area (TPSA) is 12.0 Å². The van der Waals surface area contributed by atoms with E-state index in [2.05, 4.69) is 75.2 Å². The van der Waals surface area contributed by atoms with Crippen LogP contribution in [0.4, 0.5) is 5.69 Å². The van der Waals surface area contributed by atoms with Gasteiger partial charge in [0.05, 0.1) is 6.54 Å². The Labute approximate surface area is 136 Å². The first-order valence-electron chi connectivity index (χ1n) is 6.98. The number of benzene rings is 2. The Morgan fingerprint density at radius 1 is 1.00 bits per heavy atom. The lowest BCUT2D eigenvalue weighted by Gasteiger charge is -2.08. The molecular formula is C18H14BrNS. The zero-order valence-electron chi connectivity index (χ0n) is 11.4. The van der Waals surface area contributed by atoms with Gasteiger partial charge in [0.1, 0.15) is 0 Å². The molecule has 2 aromatic carbocycles. The number of nitrogens with one attached hydrogen (secondary N) is 1. The molecule has 0 bridgehead atoms. The maximum Gasteiger partial charge on any atom is 0.0505 e. The number of rotatable bonds is 3. The van der Waals surface area contributed by atoms with Crippen molar-refractivity contribution in [2.75, 3.05) is 5.32 Å². The summed E-state index contributed by atoms with van der Waals surface area (Å²) >= 11 is 5.35. The van der Waals surface area contributed by atoms with E-state index in [9.17, 15) is 0 Å². The monoisotopic (exact) mass is 355 g/mol. The highest BCUT2D eigenvalue weighted by atomic mass is 79.9. The second-order valence-electron chi connectivity index (χ2n) is 5.25.